The van der Waals surface area contributed by atoms with Crippen LogP contribution >= 0.6 is 23.2 Å². The summed E-state index contributed by atoms with van der Waals surface area (Å²) in [4.78, 5) is 13.6. The average Bonchev–Trinajstić information content (AvgIpc) is 3.14. The number of benzene rings is 3. The molecule has 0 fully saturated rings. The van der Waals surface area contributed by atoms with Crippen LogP contribution in [0.1, 0.15) is 65.1 Å². The first-order chi connectivity index (χ1) is 17.9. The predicted octanol–water partition coefficient (Wildman–Crippen LogP) is 8.08. The van der Waals surface area contributed by atoms with Gasteiger partial charge in [0.15, 0.2) is 5.69 Å². The Balaban J connectivity index is 1.64. The zero-order valence-electron chi connectivity index (χ0n) is 20.3. The van der Waals surface area contributed by atoms with Gasteiger partial charge in [-0.05, 0) is 85.7 Å². The molecule has 0 spiro atoms. The van der Waals surface area contributed by atoms with Crippen molar-refractivity contribution in [2.24, 2.45) is 0 Å². The Morgan fingerprint density at radius 1 is 1.03 bits per heavy atom. The van der Waals surface area contributed by atoms with Crippen molar-refractivity contribution >= 4 is 40.8 Å². The van der Waals surface area contributed by atoms with Crippen molar-refractivity contribution in [2.75, 3.05) is 0 Å². The molecule has 1 atom stereocenters. The largest absolute Gasteiger partial charge is 0.344 e. The van der Waals surface area contributed by atoms with Gasteiger partial charge in [0.2, 0.25) is 0 Å². The van der Waals surface area contributed by atoms with Crippen molar-refractivity contribution in [3.05, 3.63) is 117 Å². The maximum atomic E-state index is 13.6. The second-order valence-electron chi connectivity index (χ2n) is 9.22. The molecule has 1 N–H and O–H groups in total. The third-order valence-electron chi connectivity index (χ3n) is 6.62. The number of nitrogens with zero attached hydrogens (tertiary/aromatic N) is 2. The number of hydrogen-bond acceptors (Lipinski definition) is 2. The zero-order chi connectivity index (χ0) is 25.9. The van der Waals surface area contributed by atoms with Gasteiger partial charge in [0.05, 0.1) is 22.4 Å². The van der Waals surface area contributed by atoms with Gasteiger partial charge in [0.25, 0.3) is 5.91 Å². The van der Waals surface area contributed by atoms with Gasteiger partial charge in [-0.15, -0.1) is 0 Å². The maximum absolute atomic E-state index is 13.6. The van der Waals surface area contributed by atoms with Crippen LogP contribution in [0.5, 0.6) is 0 Å². The van der Waals surface area contributed by atoms with E-state index < -0.39 is 0 Å². The number of nitrogens with one attached hydrogen (secondary N) is 1. The highest BCUT2D eigenvalue weighted by molar-refractivity contribution is 6.35. The Morgan fingerprint density at radius 2 is 1.76 bits per heavy atom. The monoisotopic (exact) mass is 533 g/mol. The van der Waals surface area contributed by atoms with Crippen molar-refractivity contribution in [2.45, 2.75) is 38.6 Å². The van der Waals surface area contributed by atoms with Gasteiger partial charge in [-0.2, -0.15) is 5.10 Å². The number of carbonyl (C=O) groups excluding carboxylic acids is 1. The molecule has 0 saturated heterocycles. The van der Waals surface area contributed by atoms with Gasteiger partial charge in [-0.3, -0.25) is 4.79 Å². The molecule has 0 bridgehead atoms. The summed E-state index contributed by atoms with van der Waals surface area (Å²) in [7, 11) is 0. The quantitative estimate of drug-likeness (QED) is 0.263. The molecule has 1 aromatic heterocycles. The number of carbonyl (C=O) groups is 1. The van der Waals surface area contributed by atoms with Crippen LogP contribution in [-0.4, -0.2) is 15.7 Å². The van der Waals surface area contributed by atoms with Crippen LogP contribution in [0.2, 0.25) is 10.0 Å². The molecule has 7 heteroatoms. The molecule has 0 saturated carbocycles. The summed E-state index contributed by atoms with van der Waals surface area (Å²) in [5, 5.41) is 8.89. The summed E-state index contributed by atoms with van der Waals surface area (Å²) in [6.45, 7) is 1.96. The third-order valence-corrected chi connectivity index (χ3v) is 7.16. The van der Waals surface area contributed by atoms with Gasteiger partial charge < -0.3 is 5.32 Å². The first-order valence-corrected chi connectivity index (χ1v) is 13.1. The molecule has 5 rings (SSSR count). The summed E-state index contributed by atoms with van der Waals surface area (Å²) in [5.74, 6) is -0.521. The molecule has 37 heavy (non-hydrogen) atoms. The van der Waals surface area contributed by atoms with Gasteiger partial charge in [0, 0.05) is 10.6 Å². The molecule has 1 aliphatic carbocycles. The fourth-order valence-electron chi connectivity index (χ4n) is 4.75. The van der Waals surface area contributed by atoms with Crippen LogP contribution in [0, 0.1) is 5.82 Å². The van der Waals surface area contributed by atoms with Gasteiger partial charge in [-0.25, -0.2) is 9.07 Å². The Morgan fingerprint density at radius 3 is 2.49 bits per heavy atom. The van der Waals surface area contributed by atoms with Crippen LogP contribution < -0.4 is 5.32 Å². The van der Waals surface area contributed by atoms with E-state index in [1.54, 1.807) is 28.9 Å². The summed E-state index contributed by atoms with van der Waals surface area (Å²) in [6.07, 6.45) is 5.42. The maximum Gasteiger partial charge on any atom is 0.272 e. The minimum atomic E-state index is -0.284. The zero-order valence-corrected chi connectivity index (χ0v) is 21.9. The first-order valence-electron chi connectivity index (χ1n) is 12.3. The lowest BCUT2D eigenvalue weighted by Crippen LogP contribution is -2.28. The minimum absolute atomic E-state index is 0.186. The number of rotatable bonds is 5. The fourth-order valence-corrected chi connectivity index (χ4v) is 5.24. The molecule has 188 valence electrons. The summed E-state index contributed by atoms with van der Waals surface area (Å²) in [5.41, 5.74) is 5.67. The lowest BCUT2D eigenvalue weighted by molar-refractivity contribution is 0.0933. The van der Waals surface area contributed by atoms with Crippen molar-refractivity contribution < 1.29 is 9.18 Å². The van der Waals surface area contributed by atoms with E-state index in [0.717, 1.165) is 47.2 Å². The number of fused-ring (bicyclic) bond motifs is 1. The van der Waals surface area contributed by atoms with E-state index in [4.69, 9.17) is 28.3 Å². The number of aromatic nitrogens is 2. The Hall–Kier alpha value is -3.41. The van der Waals surface area contributed by atoms with E-state index in [0.29, 0.717) is 27.8 Å². The molecule has 0 aliphatic heterocycles. The van der Waals surface area contributed by atoms with E-state index >= 15 is 0 Å². The highest BCUT2D eigenvalue weighted by Gasteiger charge is 2.28. The normalized spacial score (nSPS) is 15.2. The molecule has 4 nitrogen and oxygen atoms in total. The van der Waals surface area contributed by atoms with Crippen molar-refractivity contribution in [1.29, 1.82) is 0 Å². The molecular formula is C30H26Cl2FN3O. The number of halogens is 3. The van der Waals surface area contributed by atoms with E-state index in [1.165, 1.54) is 12.1 Å². The highest BCUT2D eigenvalue weighted by Crippen LogP contribution is 2.37. The van der Waals surface area contributed by atoms with E-state index in [9.17, 15) is 9.18 Å². The van der Waals surface area contributed by atoms with Crippen molar-refractivity contribution in [3.63, 3.8) is 0 Å². The van der Waals surface area contributed by atoms with Crippen LogP contribution in [0.25, 0.3) is 17.3 Å². The lowest BCUT2D eigenvalue weighted by atomic mass is 10.0. The Labute approximate surface area is 225 Å². The fraction of sp³-hybridized carbons (Fsp3) is 0.200. The minimum Gasteiger partial charge on any atom is -0.344 e. The van der Waals surface area contributed by atoms with Gasteiger partial charge in [-0.1, -0.05) is 65.7 Å². The van der Waals surface area contributed by atoms with E-state index in [-0.39, 0.29) is 17.8 Å². The second-order valence-corrected chi connectivity index (χ2v) is 10.1. The summed E-state index contributed by atoms with van der Waals surface area (Å²) in [6, 6.07) is 21.3. The average molecular weight is 534 g/mol. The predicted molar refractivity (Wildman–Crippen MR) is 148 cm³/mol. The van der Waals surface area contributed by atoms with Crippen molar-refractivity contribution in [1.82, 2.24) is 15.1 Å². The molecule has 4 aromatic rings. The smallest absolute Gasteiger partial charge is 0.272 e. The molecule has 0 radical (unpaired) electrons. The van der Waals surface area contributed by atoms with Crippen LogP contribution in [0.3, 0.4) is 0 Å². The highest BCUT2D eigenvalue weighted by atomic mass is 35.5. The van der Waals surface area contributed by atoms with Crippen LogP contribution in [-0.2, 0) is 6.42 Å². The third kappa shape index (κ3) is 5.48. The standard InChI is InChI=1S/C30H26Cl2FN3O/c1-19(21-7-3-2-4-8-21)34-30(37)28-25-10-6-5-9-22(17-20-11-14-24(33)15-12-20)29(25)36(35-28)27-16-13-23(31)18-26(27)32/h2-4,7-8,11-19H,5-6,9-10H2,1H3,(H,34,37)/t19-/m1/s1. The van der Waals surface area contributed by atoms with Gasteiger partial charge >= 0.3 is 0 Å². The summed E-state index contributed by atoms with van der Waals surface area (Å²) >= 11 is 12.8. The van der Waals surface area contributed by atoms with Crippen LogP contribution in [0.15, 0.2) is 72.8 Å². The van der Waals surface area contributed by atoms with Crippen molar-refractivity contribution in [3.8, 4) is 5.69 Å². The Kier molecular flexibility index (Phi) is 7.45. The first kappa shape index (κ1) is 25.2. The SMILES string of the molecule is C[C@@H](NC(=O)c1nn(-c2ccc(Cl)cc2Cl)c2c1CCCCC2=Cc1ccc(F)cc1)c1ccccc1. The number of hydrogen-bond donors (Lipinski definition) is 1. The van der Waals surface area contributed by atoms with Gasteiger partial charge in [0.1, 0.15) is 5.82 Å². The Bertz CT molecular complexity index is 1460. The second kappa shape index (κ2) is 10.9. The molecular weight excluding hydrogens is 508 g/mol. The molecule has 1 heterocycles. The molecule has 0 unspecified atom stereocenters. The van der Waals surface area contributed by atoms with Crippen LogP contribution in [0.4, 0.5) is 4.39 Å². The lowest BCUT2D eigenvalue weighted by Gasteiger charge is -2.14. The van der Waals surface area contributed by atoms with E-state index in [1.807, 2.05) is 49.4 Å². The van der Waals surface area contributed by atoms with E-state index in [2.05, 4.69) is 5.32 Å². The molecule has 1 amide bonds. The summed E-state index contributed by atoms with van der Waals surface area (Å²) < 4.78 is 15.3. The number of amides is 1. The molecule has 1 aliphatic rings. The number of allylic oxidation sites excluding steroid dienone is 1. The molecule has 3 aromatic carbocycles. The topological polar surface area (TPSA) is 46.9 Å².